The SMILES string of the molecule is N#Cc1ccc(-c2ccc(C3[C@@H]4CN(C(=O)C5CCC5)C[C@H]3N4)cc2)cc1. The van der Waals surface area contributed by atoms with Crippen LogP contribution in [-0.2, 0) is 4.79 Å². The van der Waals surface area contributed by atoms with Gasteiger partial charge in [0.05, 0.1) is 11.6 Å². The molecule has 3 saturated heterocycles. The van der Waals surface area contributed by atoms with Crippen LogP contribution in [0.15, 0.2) is 48.5 Å². The third-order valence-electron chi connectivity index (χ3n) is 6.54. The summed E-state index contributed by atoms with van der Waals surface area (Å²) >= 11 is 0. The summed E-state index contributed by atoms with van der Waals surface area (Å²) in [7, 11) is 0. The fourth-order valence-electron chi connectivity index (χ4n) is 4.72. The minimum absolute atomic E-state index is 0.299. The molecule has 136 valence electrons. The first kappa shape index (κ1) is 16.5. The molecule has 3 atom stereocenters. The van der Waals surface area contributed by atoms with Gasteiger partial charge in [-0.3, -0.25) is 4.79 Å². The van der Waals surface area contributed by atoms with Gasteiger partial charge in [-0.2, -0.15) is 5.26 Å². The molecule has 6 rings (SSSR count). The Kier molecular flexibility index (Phi) is 3.98. The molecule has 4 aliphatic rings. The Hall–Kier alpha value is -2.64. The standard InChI is InChI=1S/C23H23N3O/c24-12-15-4-6-16(7-5-15)17-8-10-18(11-9-17)22-20-13-26(14-21(22)25-20)23(27)19-2-1-3-19/h4-11,19-22,25H,1-3,13-14H2/t20-,21+,22?. The number of nitriles is 1. The predicted octanol–water partition coefficient (Wildman–Crippen LogP) is 3.29. The van der Waals surface area contributed by atoms with Gasteiger partial charge in [-0.25, -0.2) is 0 Å². The van der Waals surface area contributed by atoms with Crippen molar-refractivity contribution in [1.82, 2.24) is 10.2 Å². The van der Waals surface area contributed by atoms with Crippen LogP contribution >= 0.6 is 0 Å². The minimum Gasteiger partial charge on any atom is -0.339 e. The van der Waals surface area contributed by atoms with E-state index in [9.17, 15) is 4.79 Å². The van der Waals surface area contributed by atoms with E-state index in [1.165, 1.54) is 17.5 Å². The van der Waals surface area contributed by atoms with E-state index < -0.39 is 0 Å². The quantitative estimate of drug-likeness (QED) is 0.917. The zero-order valence-electron chi connectivity index (χ0n) is 15.3. The summed E-state index contributed by atoms with van der Waals surface area (Å²) in [5.41, 5.74) is 4.34. The van der Waals surface area contributed by atoms with Crippen LogP contribution in [-0.4, -0.2) is 36.0 Å². The Morgan fingerprint density at radius 3 is 2.07 bits per heavy atom. The van der Waals surface area contributed by atoms with E-state index in [0.29, 0.717) is 35.4 Å². The lowest BCUT2D eigenvalue weighted by atomic mass is 9.73. The smallest absolute Gasteiger partial charge is 0.225 e. The number of hydrogen-bond donors (Lipinski definition) is 1. The second-order valence-corrected chi connectivity index (χ2v) is 8.09. The van der Waals surface area contributed by atoms with E-state index in [0.717, 1.165) is 31.5 Å². The highest BCUT2D eigenvalue weighted by Gasteiger charge is 2.48. The maximum atomic E-state index is 12.5. The average molecular weight is 357 g/mol. The molecule has 3 aliphatic heterocycles. The molecular weight excluding hydrogens is 334 g/mol. The number of hydrogen-bond acceptors (Lipinski definition) is 3. The number of piperidine rings is 1. The first-order valence-corrected chi connectivity index (χ1v) is 9.88. The molecular formula is C23H23N3O. The van der Waals surface area contributed by atoms with Gasteiger partial charge in [-0.15, -0.1) is 0 Å². The number of fused-ring (bicyclic) bond motifs is 2. The van der Waals surface area contributed by atoms with Crippen molar-refractivity contribution in [3.05, 3.63) is 59.7 Å². The molecule has 27 heavy (non-hydrogen) atoms. The Morgan fingerprint density at radius 1 is 0.963 bits per heavy atom. The van der Waals surface area contributed by atoms with E-state index in [-0.39, 0.29) is 0 Å². The number of benzene rings is 2. The van der Waals surface area contributed by atoms with Gasteiger partial charge < -0.3 is 10.2 Å². The number of amides is 1. The van der Waals surface area contributed by atoms with Gasteiger partial charge >= 0.3 is 0 Å². The van der Waals surface area contributed by atoms with Crippen LogP contribution in [0.2, 0.25) is 0 Å². The molecule has 0 spiro atoms. The summed E-state index contributed by atoms with van der Waals surface area (Å²) < 4.78 is 0. The maximum Gasteiger partial charge on any atom is 0.225 e. The molecule has 1 aliphatic carbocycles. The highest BCUT2D eigenvalue weighted by Crippen LogP contribution is 2.39. The van der Waals surface area contributed by atoms with Gasteiger partial charge in [-0.1, -0.05) is 42.8 Å². The Labute approximate surface area is 159 Å². The average Bonchev–Trinajstić information content (AvgIpc) is 2.67. The zero-order valence-corrected chi connectivity index (χ0v) is 15.3. The highest BCUT2D eigenvalue weighted by molar-refractivity contribution is 5.80. The Morgan fingerprint density at radius 2 is 1.56 bits per heavy atom. The van der Waals surface area contributed by atoms with Crippen molar-refractivity contribution in [3.8, 4) is 17.2 Å². The molecule has 4 heteroatoms. The van der Waals surface area contributed by atoms with Gasteiger partial charge in [0, 0.05) is 37.0 Å². The largest absolute Gasteiger partial charge is 0.339 e. The van der Waals surface area contributed by atoms with Gasteiger partial charge in [0.2, 0.25) is 5.91 Å². The van der Waals surface area contributed by atoms with Crippen molar-refractivity contribution in [2.45, 2.75) is 37.3 Å². The Balaban J connectivity index is 1.27. The van der Waals surface area contributed by atoms with Crippen LogP contribution < -0.4 is 5.32 Å². The molecule has 1 unspecified atom stereocenters. The van der Waals surface area contributed by atoms with Crippen LogP contribution in [0.1, 0.15) is 36.3 Å². The first-order chi connectivity index (χ1) is 13.2. The summed E-state index contributed by atoms with van der Waals surface area (Å²) in [5, 5.41) is 12.6. The molecule has 0 aromatic heterocycles. The maximum absolute atomic E-state index is 12.5. The second kappa shape index (κ2) is 6.51. The molecule has 1 N–H and O–H groups in total. The number of carbonyl (C=O) groups excluding carboxylic acids is 1. The topological polar surface area (TPSA) is 56.1 Å². The molecule has 2 aromatic carbocycles. The van der Waals surface area contributed by atoms with E-state index >= 15 is 0 Å². The third-order valence-corrected chi connectivity index (χ3v) is 6.54. The molecule has 1 amide bonds. The van der Waals surface area contributed by atoms with Crippen molar-refractivity contribution in [2.24, 2.45) is 5.92 Å². The van der Waals surface area contributed by atoms with Crippen molar-refractivity contribution in [2.75, 3.05) is 13.1 Å². The summed E-state index contributed by atoms with van der Waals surface area (Å²) in [6.45, 7) is 1.68. The van der Waals surface area contributed by atoms with E-state index in [4.69, 9.17) is 5.26 Å². The van der Waals surface area contributed by atoms with Crippen molar-refractivity contribution in [3.63, 3.8) is 0 Å². The van der Waals surface area contributed by atoms with Crippen LogP contribution in [0.25, 0.3) is 11.1 Å². The summed E-state index contributed by atoms with van der Waals surface area (Å²) in [6, 6.07) is 19.4. The third kappa shape index (κ3) is 2.83. The lowest BCUT2D eigenvalue weighted by molar-refractivity contribution is -0.143. The van der Waals surface area contributed by atoms with E-state index in [1.807, 2.05) is 24.3 Å². The van der Waals surface area contributed by atoms with Gasteiger partial charge in [0.25, 0.3) is 0 Å². The summed E-state index contributed by atoms with van der Waals surface area (Å²) in [5.74, 6) is 1.19. The van der Waals surface area contributed by atoms with Crippen molar-refractivity contribution >= 4 is 5.91 Å². The number of nitrogens with one attached hydrogen (secondary N) is 1. The predicted molar refractivity (Wildman–Crippen MR) is 104 cm³/mol. The first-order valence-electron chi connectivity index (χ1n) is 9.88. The number of piperazine rings is 1. The molecule has 0 radical (unpaired) electrons. The molecule has 4 nitrogen and oxygen atoms in total. The number of rotatable bonds is 3. The Bertz CT molecular complexity index is 881. The lowest BCUT2D eigenvalue weighted by Gasteiger charge is -2.55. The highest BCUT2D eigenvalue weighted by atomic mass is 16.2. The number of carbonyl (C=O) groups is 1. The number of nitrogens with zero attached hydrogens (tertiary/aromatic N) is 2. The monoisotopic (exact) mass is 357 g/mol. The van der Waals surface area contributed by atoms with Gasteiger partial charge in [0.15, 0.2) is 0 Å². The van der Waals surface area contributed by atoms with E-state index in [2.05, 4.69) is 40.6 Å². The van der Waals surface area contributed by atoms with Crippen molar-refractivity contribution < 1.29 is 4.79 Å². The molecule has 1 saturated carbocycles. The van der Waals surface area contributed by atoms with Gasteiger partial charge in [0.1, 0.15) is 0 Å². The normalized spacial score (nSPS) is 26.6. The second-order valence-electron chi connectivity index (χ2n) is 8.09. The lowest BCUT2D eigenvalue weighted by Crippen LogP contribution is -2.72. The molecule has 2 bridgehead atoms. The summed E-state index contributed by atoms with van der Waals surface area (Å²) in [4.78, 5) is 14.6. The van der Waals surface area contributed by atoms with Crippen molar-refractivity contribution in [1.29, 1.82) is 5.26 Å². The van der Waals surface area contributed by atoms with Crippen LogP contribution in [0, 0.1) is 17.2 Å². The molecule has 2 aromatic rings. The fourth-order valence-corrected chi connectivity index (χ4v) is 4.72. The fraction of sp³-hybridized carbons (Fsp3) is 0.391. The van der Waals surface area contributed by atoms with Gasteiger partial charge in [-0.05, 0) is 41.7 Å². The molecule has 3 heterocycles. The van der Waals surface area contributed by atoms with Crippen LogP contribution in [0.3, 0.4) is 0 Å². The zero-order chi connectivity index (χ0) is 18.4. The van der Waals surface area contributed by atoms with Crippen LogP contribution in [0.5, 0.6) is 0 Å². The summed E-state index contributed by atoms with van der Waals surface area (Å²) in [6.07, 6.45) is 3.38. The minimum atomic E-state index is 0.299. The molecule has 4 fully saturated rings. The van der Waals surface area contributed by atoms with E-state index in [1.54, 1.807) is 0 Å². The van der Waals surface area contributed by atoms with Crippen LogP contribution in [0.4, 0.5) is 0 Å².